The van der Waals surface area contributed by atoms with Crippen LogP contribution in [-0.2, 0) is 4.74 Å². The number of methoxy groups -OCH3 is 1. The zero-order valence-corrected chi connectivity index (χ0v) is 8.80. The van der Waals surface area contributed by atoms with E-state index >= 15 is 0 Å². The summed E-state index contributed by atoms with van der Waals surface area (Å²) in [5, 5.41) is 0. The van der Waals surface area contributed by atoms with E-state index < -0.39 is 0 Å². The quantitative estimate of drug-likeness (QED) is 0.793. The second-order valence-electron chi connectivity index (χ2n) is 3.34. The third-order valence-electron chi connectivity index (χ3n) is 2.29. The van der Waals surface area contributed by atoms with Crippen LogP contribution in [-0.4, -0.2) is 17.1 Å². The molecule has 0 aliphatic carbocycles. The maximum Gasteiger partial charge on any atom is 0.123 e. The summed E-state index contributed by atoms with van der Waals surface area (Å²) in [6, 6.07) is 6.20. The fraction of sp³-hybridized carbons (Fsp3) is 0.167. The molecule has 1 aromatic heterocycles. The van der Waals surface area contributed by atoms with Crippen molar-refractivity contribution < 1.29 is 9.13 Å². The van der Waals surface area contributed by atoms with E-state index in [-0.39, 0.29) is 11.9 Å². The van der Waals surface area contributed by atoms with Gasteiger partial charge in [0.05, 0.1) is 0 Å². The number of hydrogen-bond acceptors (Lipinski definition) is 3. The highest BCUT2D eigenvalue weighted by molar-refractivity contribution is 5.27. The monoisotopic (exact) mass is 218 g/mol. The molecule has 0 bridgehead atoms. The first-order chi connectivity index (χ1) is 7.81. The molecule has 2 rings (SSSR count). The Hall–Kier alpha value is -1.81. The van der Waals surface area contributed by atoms with E-state index in [0.717, 1.165) is 11.1 Å². The molecule has 0 saturated carbocycles. The summed E-state index contributed by atoms with van der Waals surface area (Å²) in [6.07, 6.45) is 4.57. The Bertz CT molecular complexity index is 444. The van der Waals surface area contributed by atoms with Gasteiger partial charge in [-0.1, -0.05) is 12.1 Å². The molecule has 0 spiro atoms. The van der Waals surface area contributed by atoms with Gasteiger partial charge in [-0.05, 0) is 17.7 Å². The highest BCUT2D eigenvalue weighted by Gasteiger charge is 2.13. The van der Waals surface area contributed by atoms with Crippen LogP contribution in [0, 0.1) is 5.82 Å². The van der Waals surface area contributed by atoms with E-state index in [1.165, 1.54) is 18.5 Å². The molecule has 1 aromatic carbocycles. The Morgan fingerprint density at radius 3 is 2.25 bits per heavy atom. The van der Waals surface area contributed by atoms with Gasteiger partial charge in [-0.2, -0.15) is 0 Å². The number of aromatic nitrogens is 2. The first kappa shape index (κ1) is 10.7. The minimum atomic E-state index is -0.262. The zero-order chi connectivity index (χ0) is 11.4. The Kier molecular flexibility index (Phi) is 3.22. The van der Waals surface area contributed by atoms with Crippen LogP contribution >= 0.6 is 0 Å². The van der Waals surface area contributed by atoms with Gasteiger partial charge in [-0.25, -0.2) is 14.4 Å². The van der Waals surface area contributed by atoms with Crippen LogP contribution in [0.15, 0.2) is 43.0 Å². The van der Waals surface area contributed by atoms with Gasteiger partial charge >= 0.3 is 0 Å². The Balaban J connectivity index is 2.33. The fourth-order valence-electron chi connectivity index (χ4n) is 1.55. The number of halogens is 1. The lowest BCUT2D eigenvalue weighted by atomic mass is 10.0. The lowest BCUT2D eigenvalue weighted by Crippen LogP contribution is -2.04. The van der Waals surface area contributed by atoms with Crippen LogP contribution in [0.5, 0.6) is 0 Å². The third kappa shape index (κ3) is 2.23. The molecule has 0 saturated heterocycles. The summed E-state index contributed by atoms with van der Waals surface area (Å²) >= 11 is 0. The van der Waals surface area contributed by atoms with Gasteiger partial charge in [0.15, 0.2) is 0 Å². The number of benzene rings is 1. The molecule has 2 aromatic rings. The van der Waals surface area contributed by atoms with Crippen LogP contribution < -0.4 is 0 Å². The predicted molar refractivity (Wildman–Crippen MR) is 57.3 cm³/mol. The zero-order valence-electron chi connectivity index (χ0n) is 8.80. The first-order valence-electron chi connectivity index (χ1n) is 4.84. The number of hydrogen-bond donors (Lipinski definition) is 0. The van der Waals surface area contributed by atoms with E-state index in [1.54, 1.807) is 31.6 Å². The minimum Gasteiger partial charge on any atom is -0.372 e. The van der Waals surface area contributed by atoms with Gasteiger partial charge in [0.25, 0.3) is 0 Å². The molecule has 0 fully saturated rings. The Labute approximate surface area is 92.9 Å². The average Bonchev–Trinajstić information content (AvgIpc) is 2.34. The largest absolute Gasteiger partial charge is 0.372 e. The van der Waals surface area contributed by atoms with Crippen LogP contribution in [0.3, 0.4) is 0 Å². The molecule has 1 atom stereocenters. The summed E-state index contributed by atoms with van der Waals surface area (Å²) in [5.74, 6) is -0.261. The lowest BCUT2D eigenvalue weighted by Gasteiger charge is -2.15. The average molecular weight is 218 g/mol. The topological polar surface area (TPSA) is 35.0 Å². The standard InChI is InChI=1S/C12H11FN2O/c1-16-12(10-6-14-8-15-7-10)9-2-4-11(13)5-3-9/h2-8,12H,1H3. The van der Waals surface area contributed by atoms with Crippen molar-refractivity contribution in [2.24, 2.45) is 0 Å². The molecule has 0 aliphatic rings. The molecule has 82 valence electrons. The lowest BCUT2D eigenvalue weighted by molar-refractivity contribution is 0.136. The van der Waals surface area contributed by atoms with E-state index in [9.17, 15) is 4.39 Å². The molecule has 4 heteroatoms. The first-order valence-corrected chi connectivity index (χ1v) is 4.84. The van der Waals surface area contributed by atoms with E-state index in [1.807, 2.05) is 0 Å². The van der Waals surface area contributed by atoms with Crippen molar-refractivity contribution in [3.8, 4) is 0 Å². The van der Waals surface area contributed by atoms with Gasteiger partial charge in [0.2, 0.25) is 0 Å². The molecule has 16 heavy (non-hydrogen) atoms. The van der Waals surface area contributed by atoms with Gasteiger partial charge < -0.3 is 4.74 Å². The molecule has 0 aliphatic heterocycles. The highest BCUT2D eigenvalue weighted by Crippen LogP contribution is 2.23. The second-order valence-corrected chi connectivity index (χ2v) is 3.34. The van der Waals surface area contributed by atoms with E-state index in [0.29, 0.717) is 0 Å². The van der Waals surface area contributed by atoms with E-state index in [2.05, 4.69) is 9.97 Å². The Morgan fingerprint density at radius 1 is 1.06 bits per heavy atom. The van der Waals surface area contributed by atoms with E-state index in [4.69, 9.17) is 4.74 Å². The van der Waals surface area contributed by atoms with Crippen LogP contribution in [0.4, 0.5) is 4.39 Å². The molecular weight excluding hydrogens is 207 g/mol. The molecule has 1 heterocycles. The van der Waals surface area contributed by atoms with Gasteiger partial charge in [0, 0.05) is 25.1 Å². The third-order valence-corrected chi connectivity index (χ3v) is 2.29. The number of ether oxygens (including phenoxy) is 1. The second kappa shape index (κ2) is 4.81. The summed E-state index contributed by atoms with van der Waals surface area (Å²) in [6.45, 7) is 0. The van der Waals surface area contributed by atoms with Crippen molar-refractivity contribution in [1.29, 1.82) is 0 Å². The van der Waals surface area contributed by atoms with Gasteiger partial charge in [-0.15, -0.1) is 0 Å². The highest BCUT2D eigenvalue weighted by atomic mass is 19.1. The molecule has 0 radical (unpaired) electrons. The van der Waals surface area contributed by atoms with Crippen molar-refractivity contribution in [2.45, 2.75) is 6.10 Å². The van der Waals surface area contributed by atoms with Gasteiger partial charge in [-0.3, -0.25) is 0 Å². The number of nitrogens with zero attached hydrogens (tertiary/aromatic N) is 2. The van der Waals surface area contributed by atoms with Gasteiger partial charge in [0.1, 0.15) is 18.2 Å². The minimum absolute atomic E-state index is 0.261. The smallest absolute Gasteiger partial charge is 0.123 e. The summed E-state index contributed by atoms with van der Waals surface area (Å²) < 4.78 is 18.2. The van der Waals surface area contributed by atoms with Crippen molar-refractivity contribution in [3.63, 3.8) is 0 Å². The van der Waals surface area contributed by atoms with Crippen LogP contribution in [0.25, 0.3) is 0 Å². The van der Waals surface area contributed by atoms with Crippen molar-refractivity contribution in [3.05, 3.63) is 59.9 Å². The Morgan fingerprint density at radius 2 is 1.69 bits per heavy atom. The van der Waals surface area contributed by atoms with Crippen molar-refractivity contribution in [1.82, 2.24) is 9.97 Å². The molecule has 0 N–H and O–H groups in total. The predicted octanol–water partition coefficient (Wildman–Crippen LogP) is 2.35. The molecule has 3 nitrogen and oxygen atoms in total. The normalized spacial score (nSPS) is 12.4. The molecule has 0 amide bonds. The van der Waals surface area contributed by atoms with Crippen molar-refractivity contribution in [2.75, 3.05) is 7.11 Å². The SMILES string of the molecule is COC(c1ccc(F)cc1)c1cncnc1. The maximum absolute atomic E-state index is 12.8. The summed E-state index contributed by atoms with van der Waals surface area (Å²) in [4.78, 5) is 7.86. The van der Waals surface area contributed by atoms with Crippen LogP contribution in [0.2, 0.25) is 0 Å². The maximum atomic E-state index is 12.8. The van der Waals surface area contributed by atoms with Crippen molar-refractivity contribution >= 4 is 0 Å². The number of rotatable bonds is 3. The summed E-state index contributed by atoms with van der Waals surface area (Å²) in [5.41, 5.74) is 1.72. The molecular formula is C12H11FN2O. The van der Waals surface area contributed by atoms with Crippen LogP contribution in [0.1, 0.15) is 17.2 Å². The fourth-order valence-corrected chi connectivity index (χ4v) is 1.55. The summed E-state index contributed by atoms with van der Waals surface area (Å²) in [7, 11) is 1.60. The molecule has 1 unspecified atom stereocenters.